The van der Waals surface area contributed by atoms with E-state index in [1.54, 1.807) is 27.7 Å². The summed E-state index contributed by atoms with van der Waals surface area (Å²) in [4.78, 5) is 39.2. The highest BCUT2D eigenvalue weighted by Gasteiger charge is 2.58. The van der Waals surface area contributed by atoms with Crippen molar-refractivity contribution in [1.82, 2.24) is 0 Å². The Morgan fingerprint density at radius 3 is 1.89 bits per heavy atom. The zero-order chi connectivity index (χ0) is 21.0. The topological polar surface area (TPSA) is 51.2 Å². The molecule has 3 rings (SSSR count). The van der Waals surface area contributed by atoms with Gasteiger partial charge < -0.3 is 0 Å². The number of benzene rings is 2. The third-order valence-corrected chi connectivity index (χ3v) is 6.23. The number of rotatable bonds is 2. The molecule has 0 heterocycles. The van der Waals surface area contributed by atoms with Crippen molar-refractivity contribution in [2.45, 2.75) is 47.5 Å². The van der Waals surface area contributed by atoms with Crippen molar-refractivity contribution in [3.63, 3.8) is 0 Å². The zero-order valence-electron chi connectivity index (χ0n) is 17.1. The summed E-state index contributed by atoms with van der Waals surface area (Å²) in [6, 6.07) is 11.4. The summed E-state index contributed by atoms with van der Waals surface area (Å²) in [5, 5.41) is 0.625. The number of carbonyl (C=O) groups excluding carboxylic acids is 3. The molecule has 3 nitrogen and oxygen atoms in total. The molecule has 1 saturated carbocycles. The van der Waals surface area contributed by atoms with Gasteiger partial charge in [-0.05, 0) is 87.6 Å². The average Bonchev–Trinajstić information content (AvgIpc) is 2.63. The van der Waals surface area contributed by atoms with E-state index in [9.17, 15) is 14.4 Å². The van der Waals surface area contributed by atoms with Gasteiger partial charge in [-0.15, -0.1) is 0 Å². The van der Waals surface area contributed by atoms with E-state index in [0.29, 0.717) is 10.6 Å². The summed E-state index contributed by atoms with van der Waals surface area (Å²) in [6.07, 6.45) is 0. The van der Waals surface area contributed by atoms with Crippen LogP contribution in [0.1, 0.15) is 50.3 Å². The first-order chi connectivity index (χ1) is 12.9. The molecule has 0 bridgehead atoms. The summed E-state index contributed by atoms with van der Waals surface area (Å²) in [6.45, 7) is 10.4. The van der Waals surface area contributed by atoms with E-state index < -0.39 is 16.7 Å². The molecule has 146 valence electrons. The molecule has 1 aliphatic carbocycles. The minimum absolute atomic E-state index is 0.314. The van der Waals surface area contributed by atoms with E-state index in [-0.39, 0.29) is 17.3 Å². The van der Waals surface area contributed by atoms with Crippen LogP contribution in [0.25, 0.3) is 11.1 Å². The molecule has 0 aromatic heterocycles. The lowest BCUT2D eigenvalue weighted by atomic mass is 9.57. The van der Waals surface area contributed by atoms with E-state index in [1.165, 1.54) is 0 Å². The maximum Gasteiger partial charge on any atom is 0.160 e. The smallest absolute Gasteiger partial charge is 0.160 e. The standard InChI is InChI=1S/C24H25ClO3/c1-13-8-10-16(25)12-17(13)15-9-7-14(2)18(11-15)19-20(26)23(3,4)22(28)24(5,6)21(19)27/h7-12,19H,1-6H3. The fourth-order valence-corrected chi connectivity index (χ4v) is 4.32. The number of halogens is 1. The molecule has 28 heavy (non-hydrogen) atoms. The molecule has 0 aliphatic heterocycles. The largest absolute Gasteiger partial charge is 0.298 e. The SMILES string of the molecule is Cc1ccc(Cl)cc1-c1ccc(C)c(C2C(=O)C(C)(C)C(=O)C(C)(C)C2=O)c1. The molecule has 2 aromatic rings. The summed E-state index contributed by atoms with van der Waals surface area (Å²) >= 11 is 6.18. The predicted octanol–water partition coefficient (Wildman–Crippen LogP) is 5.48. The normalized spacial score (nSPS) is 19.2. The maximum atomic E-state index is 13.2. The molecule has 0 saturated heterocycles. The van der Waals surface area contributed by atoms with Gasteiger partial charge in [0.05, 0.1) is 10.8 Å². The lowest BCUT2D eigenvalue weighted by Crippen LogP contribution is -2.56. The number of carbonyl (C=O) groups is 3. The van der Waals surface area contributed by atoms with Gasteiger partial charge in [0.1, 0.15) is 5.92 Å². The van der Waals surface area contributed by atoms with Crippen LogP contribution in [0.5, 0.6) is 0 Å². The molecule has 1 fully saturated rings. The van der Waals surface area contributed by atoms with Gasteiger partial charge in [0.25, 0.3) is 0 Å². The van der Waals surface area contributed by atoms with E-state index in [1.807, 2.05) is 50.2 Å². The Morgan fingerprint density at radius 2 is 1.32 bits per heavy atom. The van der Waals surface area contributed by atoms with Crippen molar-refractivity contribution in [3.05, 3.63) is 58.1 Å². The third-order valence-electron chi connectivity index (χ3n) is 5.99. The first-order valence-corrected chi connectivity index (χ1v) is 9.77. The third kappa shape index (κ3) is 3.02. The van der Waals surface area contributed by atoms with Crippen molar-refractivity contribution >= 4 is 29.0 Å². The van der Waals surface area contributed by atoms with E-state index >= 15 is 0 Å². The maximum absolute atomic E-state index is 13.2. The fourth-order valence-electron chi connectivity index (χ4n) is 4.15. The number of ketones is 3. The van der Waals surface area contributed by atoms with Gasteiger partial charge in [0.2, 0.25) is 0 Å². The van der Waals surface area contributed by atoms with Crippen LogP contribution in [-0.2, 0) is 14.4 Å². The molecular formula is C24H25ClO3. The minimum atomic E-state index is -1.20. The second-order valence-electron chi connectivity index (χ2n) is 8.77. The molecule has 4 heteroatoms. The minimum Gasteiger partial charge on any atom is -0.298 e. The highest BCUT2D eigenvalue weighted by Crippen LogP contribution is 2.45. The van der Waals surface area contributed by atoms with Gasteiger partial charge in [-0.2, -0.15) is 0 Å². The van der Waals surface area contributed by atoms with Crippen LogP contribution in [0.15, 0.2) is 36.4 Å². The number of hydrogen-bond acceptors (Lipinski definition) is 3. The Morgan fingerprint density at radius 1 is 0.786 bits per heavy atom. The van der Waals surface area contributed by atoms with E-state index in [0.717, 1.165) is 22.3 Å². The Labute approximate surface area is 171 Å². The van der Waals surface area contributed by atoms with Crippen molar-refractivity contribution in [1.29, 1.82) is 0 Å². The van der Waals surface area contributed by atoms with Crippen LogP contribution >= 0.6 is 11.6 Å². The molecule has 0 unspecified atom stereocenters. The van der Waals surface area contributed by atoms with Gasteiger partial charge in [-0.25, -0.2) is 0 Å². The van der Waals surface area contributed by atoms with Gasteiger partial charge >= 0.3 is 0 Å². The van der Waals surface area contributed by atoms with Crippen molar-refractivity contribution in [2.24, 2.45) is 10.8 Å². The second kappa shape index (κ2) is 6.66. The summed E-state index contributed by atoms with van der Waals surface area (Å²) in [7, 11) is 0. The highest BCUT2D eigenvalue weighted by molar-refractivity contribution is 6.31. The van der Waals surface area contributed by atoms with Gasteiger partial charge in [-0.1, -0.05) is 29.8 Å². The molecule has 0 N–H and O–H groups in total. The van der Waals surface area contributed by atoms with Crippen molar-refractivity contribution in [3.8, 4) is 11.1 Å². The molecule has 0 amide bonds. The molecule has 0 radical (unpaired) electrons. The number of Topliss-reactive ketones (excluding diaryl/α,β-unsaturated/α-hetero) is 3. The van der Waals surface area contributed by atoms with Crippen molar-refractivity contribution in [2.75, 3.05) is 0 Å². The predicted molar refractivity (Wildman–Crippen MR) is 112 cm³/mol. The second-order valence-corrected chi connectivity index (χ2v) is 9.21. The average molecular weight is 397 g/mol. The lowest BCUT2D eigenvalue weighted by Gasteiger charge is -2.41. The zero-order valence-corrected chi connectivity index (χ0v) is 17.9. The Hall–Kier alpha value is -2.26. The fraction of sp³-hybridized carbons (Fsp3) is 0.375. The van der Waals surface area contributed by atoms with Gasteiger partial charge in [0, 0.05) is 5.02 Å². The van der Waals surface area contributed by atoms with Crippen LogP contribution in [0.2, 0.25) is 5.02 Å². The van der Waals surface area contributed by atoms with Crippen LogP contribution in [-0.4, -0.2) is 17.3 Å². The Balaban J connectivity index is 2.20. The first kappa shape index (κ1) is 20.5. The van der Waals surface area contributed by atoms with Crippen LogP contribution in [0.3, 0.4) is 0 Å². The summed E-state index contributed by atoms with van der Waals surface area (Å²) in [5.74, 6) is -1.91. The number of aryl methyl sites for hydroxylation is 2. The Kier molecular flexibility index (Phi) is 4.87. The summed E-state index contributed by atoms with van der Waals surface area (Å²) < 4.78 is 0. The first-order valence-electron chi connectivity index (χ1n) is 9.39. The van der Waals surface area contributed by atoms with Gasteiger partial charge in [0.15, 0.2) is 17.3 Å². The highest BCUT2D eigenvalue weighted by atomic mass is 35.5. The molecular weight excluding hydrogens is 372 g/mol. The van der Waals surface area contributed by atoms with Crippen molar-refractivity contribution < 1.29 is 14.4 Å². The molecule has 1 aliphatic rings. The molecule has 0 atom stereocenters. The van der Waals surface area contributed by atoms with Crippen LogP contribution in [0, 0.1) is 24.7 Å². The molecule has 0 spiro atoms. The molecule has 2 aromatic carbocycles. The van der Waals surface area contributed by atoms with E-state index in [4.69, 9.17) is 11.6 Å². The van der Waals surface area contributed by atoms with E-state index in [2.05, 4.69) is 0 Å². The Bertz CT molecular complexity index is 985. The van der Waals surface area contributed by atoms with Crippen LogP contribution < -0.4 is 0 Å². The quantitative estimate of drug-likeness (QED) is 0.631. The summed E-state index contributed by atoms with van der Waals surface area (Å²) in [5.41, 5.74) is 2.04. The van der Waals surface area contributed by atoms with Crippen LogP contribution in [0.4, 0.5) is 0 Å². The lowest BCUT2D eigenvalue weighted by molar-refractivity contribution is -0.157. The monoisotopic (exact) mass is 396 g/mol. The number of hydrogen-bond donors (Lipinski definition) is 0. The van der Waals surface area contributed by atoms with Gasteiger partial charge in [-0.3, -0.25) is 14.4 Å².